The molecule has 0 radical (unpaired) electrons. The molecule has 1 aliphatic heterocycles. The van der Waals surface area contributed by atoms with Crippen LogP contribution in [-0.4, -0.2) is 35.5 Å². The quantitative estimate of drug-likeness (QED) is 0.630. The highest BCUT2D eigenvalue weighted by molar-refractivity contribution is 9.10. The van der Waals surface area contributed by atoms with Crippen molar-refractivity contribution in [1.82, 2.24) is 9.88 Å². The Morgan fingerprint density at radius 3 is 3.16 bits per heavy atom. The summed E-state index contributed by atoms with van der Waals surface area (Å²) in [6, 6.07) is 5.92. The van der Waals surface area contributed by atoms with Gasteiger partial charge in [0, 0.05) is 13.1 Å². The number of carbonyl (C=O) groups excluding carboxylic acids is 1. The molecule has 19 heavy (non-hydrogen) atoms. The summed E-state index contributed by atoms with van der Waals surface area (Å²) in [4.78, 5) is 18.5. The van der Waals surface area contributed by atoms with Crippen LogP contribution in [0.3, 0.4) is 0 Å². The van der Waals surface area contributed by atoms with Gasteiger partial charge in [0.2, 0.25) is 0 Å². The fraction of sp³-hybridized carbons (Fsp3) is 0.571. The molecule has 0 bridgehead atoms. The van der Waals surface area contributed by atoms with E-state index in [4.69, 9.17) is 4.74 Å². The Hall–Kier alpha value is -0.940. The number of carbonyl (C=O) groups is 1. The first-order valence-corrected chi connectivity index (χ1v) is 7.48. The number of likely N-dealkylation sites (tertiary alicyclic amines) is 1. The van der Waals surface area contributed by atoms with Gasteiger partial charge in [-0.1, -0.05) is 6.07 Å². The summed E-state index contributed by atoms with van der Waals surface area (Å²) < 4.78 is 5.96. The van der Waals surface area contributed by atoms with Crippen molar-refractivity contribution in [3.63, 3.8) is 0 Å². The normalized spacial score (nSPS) is 20.2. The summed E-state index contributed by atoms with van der Waals surface area (Å²) in [7, 11) is 0. The molecule has 0 aliphatic carbocycles. The predicted octanol–water partition coefficient (Wildman–Crippen LogP) is 2.62. The highest BCUT2D eigenvalue weighted by Gasteiger charge is 2.26. The zero-order chi connectivity index (χ0) is 13.7. The van der Waals surface area contributed by atoms with Crippen molar-refractivity contribution >= 4 is 21.9 Å². The van der Waals surface area contributed by atoms with Gasteiger partial charge in [0.05, 0.1) is 18.2 Å². The van der Waals surface area contributed by atoms with Crippen molar-refractivity contribution in [2.24, 2.45) is 5.92 Å². The standard InChI is InChI=1S/C14H19BrN2O2/c1-2-19-14(18)11-5-4-8-17(9-11)10-12-6-3-7-13(15)16-12/h3,6-7,11H,2,4-5,8-10H2,1H3. The minimum Gasteiger partial charge on any atom is -0.466 e. The lowest BCUT2D eigenvalue weighted by atomic mass is 9.98. The summed E-state index contributed by atoms with van der Waals surface area (Å²) in [5.74, 6) is -0.0461. The van der Waals surface area contributed by atoms with Crippen molar-refractivity contribution in [2.45, 2.75) is 26.3 Å². The van der Waals surface area contributed by atoms with Crippen LogP contribution in [0.2, 0.25) is 0 Å². The van der Waals surface area contributed by atoms with Gasteiger partial charge in [-0.2, -0.15) is 0 Å². The second-order valence-electron chi connectivity index (χ2n) is 4.78. The zero-order valence-corrected chi connectivity index (χ0v) is 12.7. The van der Waals surface area contributed by atoms with Crippen LogP contribution in [0.5, 0.6) is 0 Å². The molecular weight excluding hydrogens is 308 g/mol. The fourth-order valence-corrected chi connectivity index (χ4v) is 2.80. The molecule has 1 aromatic heterocycles. The second-order valence-corrected chi connectivity index (χ2v) is 5.59. The van der Waals surface area contributed by atoms with Gasteiger partial charge in [-0.3, -0.25) is 9.69 Å². The minimum atomic E-state index is -0.0607. The number of aromatic nitrogens is 1. The van der Waals surface area contributed by atoms with Crippen LogP contribution in [0, 0.1) is 5.92 Å². The topological polar surface area (TPSA) is 42.4 Å². The molecule has 1 atom stereocenters. The molecule has 1 aliphatic rings. The summed E-state index contributed by atoms with van der Waals surface area (Å²) in [5.41, 5.74) is 1.03. The number of rotatable bonds is 4. The molecule has 1 saturated heterocycles. The maximum Gasteiger partial charge on any atom is 0.310 e. The summed E-state index contributed by atoms with van der Waals surface area (Å²) in [6.07, 6.45) is 1.97. The van der Waals surface area contributed by atoms with E-state index in [0.29, 0.717) is 6.61 Å². The van der Waals surface area contributed by atoms with Crippen LogP contribution in [0.4, 0.5) is 0 Å². The zero-order valence-electron chi connectivity index (χ0n) is 11.1. The van der Waals surface area contributed by atoms with Crippen molar-refractivity contribution in [3.05, 3.63) is 28.5 Å². The van der Waals surface area contributed by atoms with E-state index in [9.17, 15) is 4.79 Å². The molecular formula is C14H19BrN2O2. The van der Waals surface area contributed by atoms with Gasteiger partial charge in [0.1, 0.15) is 4.60 Å². The molecule has 1 fully saturated rings. The van der Waals surface area contributed by atoms with Crippen LogP contribution in [0.25, 0.3) is 0 Å². The Kier molecular flexibility index (Phi) is 5.34. The van der Waals surface area contributed by atoms with Gasteiger partial charge in [0.15, 0.2) is 0 Å². The number of ether oxygens (including phenoxy) is 1. The van der Waals surface area contributed by atoms with Gasteiger partial charge in [-0.05, 0) is 54.4 Å². The highest BCUT2D eigenvalue weighted by Crippen LogP contribution is 2.19. The molecule has 0 saturated carbocycles. The third kappa shape index (κ3) is 4.28. The monoisotopic (exact) mass is 326 g/mol. The van der Waals surface area contributed by atoms with Crippen molar-refractivity contribution < 1.29 is 9.53 Å². The van der Waals surface area contributed by atoms with Crippen LogP contribution in [0.1, 0.15) is 25.5 Å². The number of pyridine rings is 1. The molecule has 0 aromatic carbocycles. The third-order valence-corrected chi connectivity index (χ3v) is 3.73. The predicted molar refractivity (Wildman–Crippen MR) is 76.6 cm³/mol. The summed E-state index contributed by atoms with van der Waals surface area (Å²) in [6.45, 7) is 4.89. The van der Waals surface area contributed by atoms with E-state index in [2.05, 4.69) is 25.8 Å². The first kappa shape index (κ1) is 14.5. The maximum atomic E-state index is 11.8. The van der Waals surface area contributed by atoms with E-state index in [0.717, 1.165) is 42.8 Å². The van der Waals surface area contributed by atoms with Crippen molar-refractivity contribution in [1.29, 1.82) is 0 Å². The summed E-state index contributed by atoms with van der Waals surface area (Å²) in [5, 5.41) is 0. The molecule has 2 heterocycles. The first-order chi connectivity index (χ1) is 9.19. The molecule has 0 N–H and O–H groups in total. The van der Waals surface area contributed by atoms with Gasteiger partial charge in [-0.15, -0.1) is 0 Å². The lowest BCUT2D eigenvalue weighted by molar-refractivity contribution is -0.150. The number of piperidine rings is 1. The molecule has 104 valence electrons. The molecule has 5 heteroatoms. The number of halogens is 1. The Balaban J connectivity index is 1.92. The molecule has 2 rings (SSSR count). The van der Waals surface area contributed by atoms with E-state index in [-0.39, 0.29) is 11.9 Å². The molecule has 4 nitrogen and oxygen atoms in total. The third-order valence-electron chi connectivity index (χ3n) is 3.28. The molecule has 1 unspecified atom stereocenters. The largest absolute Gasteiger partial charge is 0.466 e. The van der Waals surface area contributed by atoms with E-state index in [1.807, 2.05) is 25.1 Å². The Morgan fingerprint density at radius 2 is 2.42 bits per heavy atom. The second kappa shape index (κ2) is 7.01. The highest BCUT2D eigenvalue weighted by atomic mass is 79.9. The smallest absolute Gasteiger partial charge is 0.310 e. The summed E-state index contributed by atoms with van der Waals surface area (Å²) >= 11 is 3.38. The SMILES string of the molecule is CCOC(=O)C1CCCN(Cc2cccc(Br)n2)C1. The molecule has 0 spiro atoms. The Bertz CT molecular complexity index is 439. The molecule has 1 aromatic rings. The average molecular weight is 327 g/mol. The van der Waals surface area contributed by atoms with Crippen LogP contribution in [-0.2, 0) is 16.1 Å². The lowest BCUT2D eigenvalue weighted by Crippen LogP contribution is -2.39. The van der Waals surface area contributed by atoms with Crippen molar-refractivity contribution in [3.8, 4) is 0 Å². The molecule has 0 amide bonds. The van der Waals surface area contributed by atoms with Crippen LogP contribution in [0.15, 0.2) is 22.8 Å². The van der Waals surface area contributed by atoms with Crippen LogP contribution >= 0.6 is 15.9 Å². The maximum absolute atomic E-state index is 11.8. The number of hydrogen-bond donors (Lipinski definition) is 0. The van der Waals surface area contributed by atoms with E-state index in [1.165, 1.54) is 0 Å². The Morgan fingerprint density at radius 1 is 1.58 bits per heavy atom. The number of hydrogen-bond acceptors (Lipinski definition) is 4. The average Bonchev–Trinajstić information content (AvgIpc) is 2.39. The van der Waals surface area contributed by atoms with Crippen molar-refractivity contribution in [2.75, 3.05) is 19.7 Å². The van der Waals surface area contributed by atoms with Gasteiger partial charge in [0.25, 0.3) is 0 Å². The number of nitrogens with zero attached hydrogens (tertiary/aromatic N) is 2. The van der Waals surface area contributed by atoms with Gasteiger partial charge in [-0.25, -0.2) is 4.98 Å². The lowest BCUT2D eigenvalue weighted by Gasteiger charge is -2.31. The van der Waals surface area contributed by atoms with E-state index in [1.54, 1.807) is 0 Å². The van der Waals surface area contributed by atoms with Gasteiger partial charge < -0.3 is 4.74 Å². The number of esters is 1. The van der Waals surface area contributed by atoms with E-state index < -0.39 is 0 Å². The van der Waals surface area contributed by atoms with E-state index >= 15 is 0 Å². The Labute approximate surface area is 122 Å². The van der Waals surface area contributed by atoms with Crippen LogP contribution < -0.4 is 0 Å². The first-order valence-electron chi connectivity index (χ1n) is 6.69. The minimum absolute atomic E-state index is 0.0147. The fourth-order valence-electron chi connectivity index (χ4n) is 2.42. The van der Waals surface area contributed by atoms with Gasteiger partial charge >= 0.3 is 5.97 Å².